The van der Waals surface area contributed by atoms with E-state index in [-0.39, 0.29) is 20.8 Å². The molecule has 2 aromatic heterocycles. The van der Waals surface area contributed by atoms with Crippen LogP contribution in [0, 0.1) is 0 Å². The Morgan fingerprint density at radius 2 is 1.03 bits per heavy atom. The van der Waals surface area contributed by atoms with Gasteiger partial charge in [-0.15, -0.1) is 0 Å². The van der Waals surface area contributed by atoms with Crippen molar-refractivity contribution in [3.05, 3.63) is 88.8 Å². The Labute approximate surface area is 227 Å². The van der Waals surface area contributed by atoms with Crippen LogP contribution in [0.25, 0.3) is 0 Å². The first-order valence-corrected chi connectivity index (χ1v) is 13.8. The predicted octanol–water partition coefficient (Wildman–Crippen LogP) is 3.21. The van der Waals surface area contributed by atoms with Crippen molar-refractivity contribution in [2.24, 2.45) is 5.14 Å². The second-order valence-corrected chi connectivity index (χ2v) is 11.1. The zero-order chi connectivity index (χ0) is 27.6. The van der Waals surface area contributed by atoms with Crippen LogP contribution in [0.5, 0.6) is 0 Å². The third-order valence-electron chi connectivity index (χ3n) is 3.87. The molecule has 0 saturated carbocycles. The third kappa shape index (κ3) is 10.7. The van der Waals surface area contributed by atoms with E-state index in [1.165, 1.54) is 73.3 Å². The summed E-state index contributed by atoms with van der Waals surface area (Å²) in [6.45, 7) is 0. The fourth-order valence-electron chi connectivity index (χ4n) is 2.20. The average molecular weight is 606 g/mol. The SMILES string of the molecule is Clc1cc(Cl)ncn1.Nc1ccc(S(=O)(=O)Nc2cc(Cl)ncn2)cc1.Nc1ccc(S(N)(=O)=O)cc1. The van der Waals surface area contributed by atoms with Crippen molar-refractivity contribution in [2.45, 2.75) is 9.79 Å². The lowest BCUT2D eigenvalue weighted by atomic mass is 10.3. The average Bonchev–Trinajstić information content (AvgIpc) is 2.79. The lowest BCUT2D eigenvalue weighted by Crippen LogP contribution is -2.14. The minimum Gasteiger partial charge on any atom is -0.399 e. The number of nitrogens with two attached hydrogens (primary N) is 3. The number of hydrogen-bond donors (Lipinski definition) is 4. The molecular formula is C20H19Cl3N8O4S2. The number of primary sulfonamides is 1. The zero-order valence-electron chi connectivity index (χ0n) is 18.5. The molecule has 2 aromatic carbocycles. The highest BCUT2D eigenvalue weighted by Gasteiger charge is 2.14. The van der Waals surface area contributed by atoms with E-state index >= 15 is 0 Å². The van der Waals surface area contributed by atoms with Gasteiger partial charge in [-0.1, -0.05) is 34.8 Å². The van der Waals surface area contributed by atoms with Crippen LogP contribution >= 0.6 is 34.8 Å². The summed E-state index contributed by atoms with van der Waals surface area (Å²) in [6.07, 6.45) is 2.48. The van der Waals surface area contributed by atoms with Gasteiger partial charge in [0, 0.05) is 23.5 Å². The molecule has 0 aliphatic carbocycles. The van der Waals surface area contributed by atoms with E-state index < -0.39 is 20.0 Å². The van der Waals surface area contributed by atoms with Crippen molar-refractivity contribution in [3.63, 3.8) is 0 Å². The lowest BCUT2D eigenvalue weighted by molar-refractivity contribution is 0.597. The highest BCUT2D eigenvalue weighted by Crippen LogP contribution is 2.17. The van der Waals surface area contributed by atoms with Crippen LogP contribution in [0.1, 0.15) is 0 Å². The molecule has 17 heteroatoms. The number of rotatable bonds is 4. The molecule has 12 nitrogen and oxygen atoms in total. The van der Waals surface area contributed by atoms with E-state index in [9.17, 15) is 16.8 Å². The van der Waals surface area contributed by atoms with Gasteiger partial charge in [0.2, 0.25) is 10.0 Å². The molecule has 4 aromatic rings. The monoisotopic (exact) mass is 604 g/mol. The predicted molar refractivity (Wildman–Crippen MR) is 143 cm³/mol. The minimum atomic E-state index is -3.70. The summed E-state index contributed by atoms with van der Waals surface area (Å²) in [4.78, 5) is 14.8. The first-order chi connectivity index (χ1) is 17.3. The van der Waals surface area contributed by atoms with Crippen molar-refractivity contribution in [1.82, 2.24) is 19.9 Å². The molecule has 0 radical (unpaired) electrons. The van der Waals surface area contributed by atoms with Crippen LogP contribution in [0.2, 0.25) is 15.5 Å². The van der Waals surface area contributed by atoms with E-state index in [0.29, 0.717) is 21.7 Å². The van der Waals surface area contributed by atoms with E-state index in [1.807, 2.05) is 0 Å². The van der Waals surface area contributed by atoms with Gasteiger partial charge in [0.1, 0.15) is 33.9 Å². The first-order valence-electron chi connectivity index (χ1n) is 9.63. The standard InChI is InChI=1S/C10H9ClN4O2S.C6H8N2O2S.C4H2Cl2N2/c11-9-5-10(14-6-13-9)15-18(16,17)8-3-1-7(12)2-4-8;7-5-1-3-6(4-2-5)11(8,9)10;5-3-1-4(6)8-2-7-3/h1-6H,12H2,(H,13,14,15);1-4H,7H2,(H2,8,9,10);1-2H. The quantitative estimate of drug-likeness (QED) is 0.197. The Kier molecular flexibility index (Phi) is 10.8. The Hall–Kier alpha value is -3.27. The number of nitrogen functional groups attached to an aromatic ring is 2. The molecule has 37 heavy (non-hydrogen) atoms. The van der Waals surface area contributed by atoms with Crippen molar-refractivity contribution in [3.8, 4) is 0 Å². The highest BCUT2D eigenvalue weighted by molar-refractivity contribution is 7.92. The number of nitrogens with zero attached hydrogens (tertiary/aromatic N) is 4. The number of benzene rings is 2. The number of halogens is 3. The van der Waals surface area contributed by atoms with E-state index in [0.717, 1.165) is 0 Å². The van der Waals surface area contributed by atoms with Crippen LogP contribution in [0.3, 0.4) is 0 Å². The molecule has 0 saturated heterocycles. The zero-order valence-corrected chi connectivity index (χ0v) is 22.4. The van der Waals surface area contributed by atoms with Crippen LogP contribution in [0.15, 0.2) is 83.1 Å². The summed E-state index contributed by atoms with van der Waals surface area (Å²) < 4.78 is 47.6. The van der Waals surface area contributed by atoms with Crippen LogP contribution < -0.4 is 21.3 Å². The Morgan fingerprint density at radius 3 is 1.41 bits per heavy atom. The Morgan fingerprint density at radius 1 is 0.622 bits per heavy atom. The molecule has 0 atom stereocenters. The van der Waals surface area contributed by atoms with Crippen molar-refractivity contribution < 1.29 is 16.8 Å². The van der Waals surface area contributed by atoms with Gasteiger partial charge in [-0.3, -0.25) is 4.72 Å². The van der Waals surface area contributed by atoms with Gasteiger partial charge in [-0.25, -0.2) is 41.9 Å². The molecule has 7 N–H and O–H groups in total. The normalized spacial score (nSPS) is 10.8. The molecule has 0 spiro atoms. The number of sulfonamides is 2. The van der Waals surface area contributed by atoms with Gasteiger partial charge in [0.05, 0.1) is 9.79 Å². The van der Waals surface area contributed by atoms with E-state index in [2.05, 4.69) is 24.7 Å². The van der Waals surface area contributed by atoms with Gasteiger partial charge in [-0.2, -0.15) is 0 Å². The second-order valence-electron chi connectivity index (χ2n) is 6.68. The molecule has 0 fully saturated rings. The maximum atomic E-state index is 12.0. The number of hydrogen-bond acceptors (Lipinski definition) is 10. The minimum absolute atomic E-state index is 0.0756. The molecule has 0 aliphatic heterocycles. The van der Waals surface area contributed by atoms with Crippen LogP contribution in [0.4, 0.5) is 17.2 Å². The summed E-state index contributed by atoms with van der Waals surface area (Å²) in [5.74, 6) is 0.104. The van der Waals surface area contributed by atoms with Gasteiger partial charge >= 0.3 is 0 Å². The number of anilines is 3. The maximum absolute atomic E-state index is 12.0. The first kappa shape index (κ1) is 30.0. The Bertz CT molecular complexity index is 1520. The number of nitrogens with one attached hydrogen (secondary N) is 1. The summed E-state index contributed by atoms with van der Waals surface area (Å²) in [7, 11) is -7.28. The van der Waals surface area contributed by atoms with Crippen molar-refractivity contribution in [2.75, 3.05) is 16.2 Å². The van der Waals surface area contributed by atoms with Crippen molar-refractivity contribution >= 4 is 72.0 Å². The molecule has 0 amide bonds. The van der Waals surface area contributed by atoms with Crippen molar-refractivity contribution in [1.29, 1.82) is 0 Å². The van der Waals surface area contributed by atoms with E-state index in [4.69, 9.17) is 51.4 Å². The molecule has 0 aliphatic rings. The molecule has 0 unspecified atom stereocenters. The molecule has 4 rings (SSSR count). The summed E-state index contributed by atoms with van der Waals surface area (Å²) in [5, 5.41) is 5.72. The van der Waals surface area contributed by atoms with Gasteiger partial charge in [-0.05, 0) is 48.5 Å². The lowest BCUT2D eigenvalue weighted by Gasteiger charge is -2.07. The smallest absolute Gasteiger partial charge is 0.263 e. The fourth-order valence-corrected chi connectivity index (χ4v) is 4.21. The maximum Gasteiger partial charge on any atom is 0.263 e. The van der Waals surface area contributed by atoms with E-state index in [1.54, 1.807) is 0 Å². The van der Waals surface area contributed by atoms with Crippen LogP contribution in [-0.4, -0.2) is 36.8 Å². The molecule has 2 heterocycles. The van der Waals surface area contributed by atoms with Crippen LogP contribution in [-0.2, 0) is 20.0 Å². The fraction of sp³-hybridized carbons (Fsp3) is 0. The third-order valence-corrected chi connectivity index (χ3v) is 6.79. The van der Waals surface area contributed by atoms with Gasteiger partial charge in [0.15, 0.2) is 0 Å². The molecule has 0 bridgehead atoms. The summed E-state index contributed by atoms with van der Waals surface area (Å²) in [6, 6.07) is 14.3. The summed E-state index contributed by atoms with van der Waals surface area (Å²) >= 11 is 16.5. The second kappa shape index (κ2) is 13.3. The van der Waals surface area contributed by atoms with Gasteiger partial charge < -0.3 is 11.5 Å². The highest BCUT2D eigenvalue weighted by atomic mass is 35.5. The largest absolute Gasteiger partial charge is 0.399 e. The summed E-state index contributed by atoms with van der Waals surface area (Å²) in [5.41, 5.74) is 11.8. The topological polar surface area (TPSA) is 210 Å². The number of aromatic nitrogens is 4. The van der Waals surface area contributed by atoms with Gasteiger partial charge in [0.25, 0.3) is 10.0 Å². The molecule has 196 valence electrons. The Balaban J connectivity index is 0.000000215. The molecular weight excluding hydrogens is 587 g/mol.